The second kappa shape index (κ2) is 6.99. The molecule has 2 amide bonds. The lowest BCUT2D eigenvalue weighted by molar-refractivity contribution is -0.153. The molecule has 2 rings (SSSR count). The zero-order valence-electron chi connectivity index (χ0n) is 14.3. The molecule has 1 atom stereocenters. The van der Waals surface area contributed by atoms with E-state index in [1.54, 1.807) is 9.80 Å². The lowest BCUT2D eigenvalue weighted by atomic mass is 9.88. The van der Waals surface area contributed by atoms with Gasteiger partial charge in [0.2, 0.25) is 0 Å². The largest absolute Gasteiger partial charge is 0.334 e. The molecule has 0 aromatic heterocycles. The molecule has 2 saturated heterocycles. The van der Waals surface area contributed by atoms with Gasteiger partial charge in [-0.25, -0.2) is 0 Å². The number of hydrogen-bond donors (Lipinski definition) is 1. The first kappa shape index (κ1) is 17.3. The van der Waals surface area contributed by atoms with E-state index in [1.165, 1.54) is 0 Å². The van der Waals surface area contributed by atoms with Crippen LogP contribution in [-0.2, 0) is 9.59 Å². The average molecular weight is 309 g/mol. The second-order valence-electron chi connectivity index (χ2n) is 7.84. The number of carbonyl (C=O) groups excluding carboxylic acids is 2. The normalized spacial score (nSPS) is 24.7. The van der Waals surface area contributed by atoms with Crippen LogP contribution in [-0.4, -0.2) is 53.8 Å². The quantitative estimate of drug-likeness (QED) is 0.748. The van der Waals surface area contributed by atoms with Gasteiger partial charge in [-0.05, 0) is 43.9 Å². The molecule has 0 radical (unpaired) electrons. The molecule has 2 heterocycles. The summed E-state index contributed by atoms with van der Waals surface area (Å²) < 4.78 is 0. The van der Waals surface area contributed by atoms with Gasteiger partial charge in [0.25, 0.3) is 0 Å². The lowest BCUT2D eigenvalue weighted by Crippen LogP contribution is -2.50. The van der Waals surface area contributed by atoms with Gasteiger partial charge in [-0.1, -0.05) is 20.3 Å². The molecule has 0 bridgehead atoms. The fourth-order valence-electron chi connectivity index (χ4n) is 3.65. The zero-order valence-corrected chi connectivity index (χ0v) is 14.3. The summed E-state index contributed by atoms with van der Waals surface area (Å²) in [5.74, 6) is -0.161. The molecule has 1 unspecified atom stereocenters. The highest BCUT2D eigenvalue weighted by molar-refractivity contribution is 6.34. The highest BCUT2D eigenvalue weighted by atomic mass is 16.2. The molecule has 5 heteroatoms. The number of nitrogens with two attached hydrogens (primary N) is 1. The molecule has 126 valence electrons. The Balaban J connectivity index is 1.93. The molecule has 0 aromatic carbocycles. The van der Waals surface area contributed by atoms with Crippen molar-refractivity contribution < 1.29 is 9.59 Å². The second-order valence-corrected chi connectivity index (χ2v) is 7.84. The van der Waals surface area contributed by atoms with Gasteiger partial charge < -0.3 is 15.5 Å². The van der Waals surface area contributed by atoms with E-state index in [2.05, 4.69) is 13.8 Å². The third kappa shape index (κ3) is 4.22. The van der Waals surface area contributed by atoms with Crippen molar-refractivity contribution in [3.63, 3.8) is 0 Å². The molecule has 0 saturated carbocycles. The van der Waals surface area contributed by atoms with Gasteiger partial charge in [0.05, 0.1) is 0 Å². The van der Waals surface area contributed by atoms with E-state index in [0.717, 1.165) is 32.1 Å². The molecular weight excluding hydrogens is 278 g/mol. The Bertz CT molecular complexity index is 412. The number of hydrogen-bond acceptors (Lipinski definition) is 3. The van der Waals surface area contributed by atoms with Crippen molar-refractivity contribution in [2.24, 2.45) is 17.1 Å². The zero-order chi connectivity index (χ0) is 16.3. The fourth-order valence-corrected chi connectivity index (χ4v) is 3.65. The van der Waals surface area contributed by atoms with Gasteiger partial charge in [0, 0.05) is 32.2 Å². The third-order valence-corrected chi connectivity index (χ3v) is 5.19. The average Bonchev–Trinajstić information content (AvgIpc) is 2.66. The van der Waals surface area contributed by atoms with Crippen molar-refractivity contribution >= 4 is 11.8 Å². The van der Waals surface area contributed by atoms with Crippen LogP contribution in [0.2, 0.25) is 0 Å². The van der Waals surface area contributed by atoms with Crippen LogP contribution in [0.4, 0.5) is 0 Å². The monoisotopic (exact) mass is 309 g/mol. The minimum atomic E-state index is -0.319. The van der Waals surface area contributed by atoms with Crippen molar-refractivity contribution in [3.05, 3.63) is 0 Å². The number of nitrogens with zero attached hydrogens (tertiary/aromatic N) is 2. The van der Waals surface area contributed by atoms with Crippen LogP contribution in [0.5, 0.6) is 0 Å². The fraction of sp³-hybridized carbons (Fsp3) is 0.882. The maximum absolute atomic E-state index is 12.6. The molecule has 0 spiro atoms. The summed E-state index contributed by atoms with van der Waals surface area (Å²) in [4.78, 5) is 28.6. The van der Waals surface area contributed by atoms with Crippen molar-refractivity contribution in [3.8, 4) is 0 Å². The van der Waals surface area contributed by atoms with E-state index in [1.807, 2.05) is 6.92 Å². The number of piperidine rings is 1. The third-order valence-electron chi connectivity index (χ3n) is 5.19. The van der Waals surface area contributed by atoms with Crippen LogP contribution in [0.15, 0.2) is 0 Å². The molecule has 0 aliphatic carbocycles. The molecule has 2 aliphatic heterocycles. The molecule has 2 fully saturated rings. The van der Waals surface area contributed by atoms with Crippen molar-refractivity contribution in [2.45, 2.75) is 58.9 Å². The smallest absolute Gasteiger partial charge is 0.312 e. The molecular formula is C17H31N3O2. The SMILES string of the molecule is CC(N)C1CCN(C(=O)C(=O)N2CCCCC(C)(C)C2)CC1. The van der Waals surface area contributed by atoms with Crippen LogP contribution in [0.1, 0.15) is 52.9 Å². The standard InChI is InChI=1S/C17H31N3O2/c1-13(18)14-6-10-19(11-7-14)15(21)16(22)20-9-5-4-8-17(2,3)12-20/h13-14H,4-12,18H2,1-3H3. The summed E-state index contributed by atoms with van der Waals surface area (Å²) in [7, 11) is 0. The first-order valence-corrected chi connectivity index (χ1v) is 8.64. The number of amides is 2. The highest BCUT2D eigenvalue weighted by Gasteiger charge is 2.34. The maximum atomic E-state index is 12.6. The Hall–Kier alpha value is -1.10. The van der Waals surface area contributed by atoms with Gasteiger partial charge in [0.15, 0.2) is 0 Å². The Kier molecular flexibility index (Phi) is 5.48. The van der Waals surface area contributed by atoms with Gasteiger partial charge >= 0.3 is 11.8 Å². The number of carbonyl (C=O) groups is 2. The summed E-state index contributed by atoms with van der Waals surface area (Å²) in [6.45, 7) is 9.10. The van der Waals surface area contributed by atoms with Crippen molar-refractivity contribution in [1.29, 1.82) is 0 Å². The number of rotatable bonds is 1. The van der Waals surface area contributed by atoms with Crippen LogP contribution in [0.25, 0.3) is 0 Å². The molecule has 5 nitrogen and oxygen atoms in total. The Morgan fingerprint density at radius 1 is 1.05 bits per heavy atom. The van der Waals surface area contributed by atoms with Crippen LogP contribution >= 0.6 is 0 Å². The molecule has 0 aromatic rings. The molecule has 2 aliphatic rings. The Morgan fingerprint density at radius 3 is 2.23 bits per heavy atom. The van der Waals surface area contributed by atoms with Gasteiger partial charge in [-0.2, -0.15) is 0 Å². The first-order chi connectivity index (χ1) is 10.3. The minimum Gasteiger partial charge on any atom is -0.334 e. The van der Waals surface area contributed by atoms with E-state index in [0.29, 0.717) is 32.1 Å². The predicted molar refractivity (Wildman–Crippen MR) is 87.2 cm³/mol. The summed E-state index contributed by atoms with van der Waals surface area (Å²) in [6, 6.07) is 0.166. The summed E-state index contributed by atoms with van der Waals surface area (Å²) in [5.41, 5.74) is 6.04. The summed E-state index contributed by atoms with van der Waals surface area (Å²) >= 11 is 0. The van der Waals surface area contributed by atoms with Gasteiger partial charge in [-0.15, -0.1) is 0 Å². The van der Waals surface area contributed by atoms with E-state index in [-0.39, 0.29) is 23.3 Å². The van der Waals surface area contributed by atoms with Crippen LogP contribution in [0, 0.1) is 11.3 Å². The number of likely N-dealkylation sites (tertiary alicyclic amines) is 2. The highest BCUT2D eigenvalue weighted by Crippen LogP contribution is 2.28. The summed E-state index contributed by atoms with van der Waals surface area (Å²) in [5, 5.41) is 0. The first-order valence-electron chi connectivity index (χ1n) is 8.64. The molecule has 22 heavy (non-hydrogen) atoms. The minimum absolute atomic E-state index is 0.106. The van der Waals surface area contributed by atoms with Gasteiger partial charge in [0.1, 0.15) is 0 Å². The summed E-state index contributed by atoms with van der Waals surface area (Å²) in [6.07, 6.45) is 5.05. The van der Waals surface area contributed by atoms with Crippen molar-refractivity contribution in [1.82, 2.24) is 9.80 Å². The topological polar surface area (TPSA) is 66.6 Å². The Labute approximate surface area is 134 Å². The van der Waals surface area contributed by atoms with E-state index < -0.39 is 0 Å². The van der Waals surface area contributed by atoms with E-state index in [4.69, 9.17) is 5.73 Å². The Morgan fingerprint density at radius 2 is 1.64 bits per heavy atom. The lowest BCUT2D eigenvalue weighted by Gasteiger charge is -2.35. The molecule has 2 N–H and O–H groups in total. The van der Waals surface area contributed by atoms with Gasteiger partial charge in [-0.3, -0.25) is 9.59 Å². The predicted octanol–water partition coefficient (Wildman–Crippen LogP) is 1.61. The maximum Gasteiger partial charge on any atom is 0.312 e. The van der Waals surface area contributed by atoms with E-state index in [9.17, 15) is 9.59 Å². The van der Waals surface area contributed by atoms with Crippen LogP contribution in [0.3, 0.4) is 0 Å². The van der Waals surface area contributed by atoms with E-state index >= 15 is 0 Å². The van der Waals surface area contributed by atoms with Crippen molar-refractivity contribution in [2.75, 3.05) is 26.2 Å². The van der Waals surface area contributed by atoms with Crippen LogP contribution < -0.4 is 5.73 Å².